The Hall–Kier alpha value is -5.46. The standard InChI is InChI=1S/C39H33NO11/c1-47-38(45)28-26(50-36-30(28)32(41)21-7-3-4-8-22(21)34(36)43)9-5-6-19-16-24(19)20-10-11-23-25(17-20)35(44)37-31(33(23)42)29(39(46)48-2)27(51-37)18-40-12-14-49-15-13-40/h3-4,7-8,10-11,17,19,24H,5-6,9,12-16,18H2,1-2H3/t19?,24-/m0/s1. The fraction of sp³-hybridized carbons (Fsp3) is 0.333. The summed E-state index contributed by atoms with van der Waals surface area (Å²) in [6.07, 6.45) is 2.52. The molecule has 2 fully saturated rings. The number of methoxy groups -OCH3 is 2. The minimum absolute atomic E-state index is 0.00804. The van der Waals surface area contributed by atoms with Crippen LogP contribution in [-0.4, -0.2) is 80.5 Å². The van der Waals surface area contributed by atoms with Crippen molar-refractivity contribution >= 4 is 35.1 Å². The highest BCUT2D eigenvalue weighted by molar-refractivity contribution is 6.31. The van der Waals surface area contributed by atoms with Crippen LogP contribution in [-0.2, 0) is 27.2 Å². The van der Waals surface area contributed by atoms with Crippen molar-refractivity contribution in [3.05, 3.63) is 116 Å². The van der Waals surface area contributed by atoms with Gasteiger partial charge in [0.15, 0.2) is 23.1 Å². The minimum atomic E-state index is -0.736. The molecule has 0 bridgehead atoms. The average molecular weight is 692 g/mol. The first kappa shape index (κ1) is 32.7. The summed E-state index contributed by atoms with van der Waals surface area (Å²) >= 11 is 0. The highest BCUT2D eigenvalue weighted by atomic mass is 16.5. The van der Waals surface area contributed by atoms with Crippen LogP contribution in [0.2, 0.25) is 0 Å². The number of hydrogen-bond acceptors (Lipinski definition) is 12. The SMILES string of the molecule is COC(=O)c1c(CCCC2C[C@@H]2c2ccc3c(c2)C(=O)c2oc(CN4CCOCC4)c(C(=O)OC)c2C3=O)oc2c1C(=O)c1ccccc1C2=O. The number of morpholine rings is 1. The summed E-state index contributed by atoms with van der Waals surface area (Å²) in [6.45, 7) is 2.51. The van der Waals surface area contributed by atoms with E-state index in [1.807, 2.05) is 11.0 Å². The number of carbonyl (C=O) groups excluding carboxylic acids is 6. The molecule has 2 atom stereocenters. The Balaban J connectivity index is 0.990. The van der Waals surface area contributed by atoms with Crippen molar-refractivity contribution in [2.75, 3.05) is 40.5 Å². The second kappa shape index (κ2) is 12.7. The molecule has 51 heavy (non-hydrogen) atoms. The number of ketones is 4. The van der Waals surface area contributed by atoms with E-state index in [0.717, 1.165) is 18.4 Å². The van der Waals surface area contributed by atoms with Crippen LogP contribution >= 0.6 is 0 Å². The van der Waals surface area contributed by atoms with Gasteiger partial charge in [-0.1, -0.05) is 36.4 Å². The lowest BCUT2D eigenvalue weighted by atomic mass is 9.84. The fourth-order valence-electron chi connectivity index (χ4n) is 7.67. The van der Waals surface area contributed by atoms with Crippen LogP contribution in [0.4, 0.5) is 0 Å². The van der Waals surface area contributed by atoms with Gasteiger partial charge in [0.25, 0.3) is 0 Å². The Kier molecular flexibility index (Phi) is 8.15. The van der Waals surface area contributed by atoms with Crippen LogP contribution < -0.4 is 0 Å². The Labute approximate surface area is 291 Å². The number of furan rings is 2. The highest BCUT2D eigenvalue weighted by Gasteiger charge is 2.44. The van der Waals surface area contributed by atoms with Crippen LogP contribution in [0.3, 0.4) is 0 Å². The molecule has 12 nitrogen and oxygen atoms in total. The minimum Gasteiger partial charge on any atom is -0.465 e. The Bertz CT molecular complexity index is 2180. The zero-order valence-corrected chi connectivity index (χ0v) is 28.0. The van der Waals surface area contributed by atoms with Gasteiger partial charge in [0.2, 0.25) is 11.6 Å². The van der Waals surface area contributed by atoms with Gasteiger partial charge < -0.3 is 23.0 Å². The number of fused-ring (bicyclic) bond motifs is 4. The molecule has 0 amide bonds. The molecule has 0 radical (unpaired) electrons. The molecular formula is C39H33NO11. The number of hydrogen-bond donors (Lipinski definition) is 0. The zero-order chi connectivity index (χ0) is 35.6. The van der Waals surface area contributed by atoms with Gasteiger partial charge in [0, 0.05) is 41.8 Å². The molecule has 1 saturated heterocycles. The van der Waals surface area contributed by atoms with Crippen molar-refractivity contribution in [2.45, 2.75) is 38.1 Å². The summed E-state index contributed by atoms with van der Waals surface area (Å²) in [6, 6.07) is 11.7. The summed E-state index contributed by atoms with van der Waals surface area (Å²) in [5.41, 5.74) is 1.68. The molecule has 260 valence electrons. The molecule has 1 aliphatic heterocycles. The summed E-state index contributed by atoms with van der Waals surface area (Å²) < 4.78 is 27.3. The predicted octanol–water partition coefficient (Wildman–Crippen LogP) is 4.96. The van der Waals surface area contributed by atoms with E-state index in [2.05, 4.69) is 0 Å². The van der Waals surface area contributed by atoms with Crippen molar-refractivity contribution in [2.24, 2.45) is 5.92 Å². The second-order valence-corrected chi connectivity index (χ2v) is 13.2. The van der Waals surface area contributed by atoms with Crippen molar-refractivity contribution in [3.63, 3.8) is 0 Å². The van der Waals surface area contributed by atoms with Gasteiger partial charge in [-0.2, -0.15) is 0 Å². The van der Waals surface area contributed by atoms with Crippen molar-refractivity contribution in [3.8, 4) is 0 Å². The van der Waals surface area contributed by atoms with E-state index in [9.17, 15) is 28.8 Å². The van der Waals surface area contributed by atoms with Crippen LogP contribution in [0, 0.1) is 5.92 Å². The molecule has 1 saturated carbocycles. The number of ether oxygens (including phenoxy) is 3. The van der Waals surface area contributed by atoms with E-state index in [-0.39, 0.29) is 85.9 Å². The topological polar surface area (TPSA) is 160 Å². The van der Waals surface area contributed by atoms with Gasteiger partial charge in [-0.3, -0.25) is 24.1 Å². The van der Waals surface area contributed by atoms with Crippen molar-refractivity contribution in [1.82, 2.24) is 4.90 Å². The van der Waals surface area contributed by atoms with Gasteiger partial charge in [-0.15, -0.1) is 0 Å². The van der Waals surface area contributed by atoms with Gasteiger partial charge >= 0.3 is 11.9 Å². The van der Waals surface area contributed by atoms with Gasteiger partial charge in [-0.25, -0.2) is 9.59 Å². The maximum absolute atomic E-state index is 13.8. The van der Waals surface area contributed by atoms with Gasteiger partial charge in [-0.05, 0) is 42.7 Å². The molecule has 0 spiro atoms. The molecule has 4 aliphatic rings. The van der Waals surface area contributed by atoms with E-state index in [1.165, 1.54) is 14.2 Å². The molecule has 3 aliphatic carbocycles. The molecule has 0 N–H and O–H groups in total. The van der Waals surface area contributed by atoms with Gasteiger partial charge in [0.1, 0.15) is 22.6 Å². The molecular weight excluding hydrogens is 658 g/mol. The van der Waals surface area contributed by atoms with Crippen LogP contribution in [0.15, 0.2) is 51.3 Å². The number of nitrogens with zero attached hydrogens (tertiary/aromatic N) is 1. The summed E-state index contributed by atoms with van der Waals surface area (Å²) in [5, 5.41) is 0. The third-order valence-electron chi connectivity index (χ3n) is 10.4. The lowest BCUT2D eigenvalue weighted by Crippen LogP contribution is -2.36. The number of carbonyl (C=O) groups is 6. The van der Waals surface area contributed by atoms with Crippen LogP contribution in [0.5, 0.6) is 0 Å². The van der Waals surface area contributed by atoms with E-state index in [4.69, 9.17) is 23.0 Å². The molecule has 3 heterocycles. The smallest absolute Gasteiger partial charge is 0.342 e. The largest absolute Gasteiger partial charge is 0.465 e. The Morgan fingerprint density at radius 1 is 0.745 bits per heavy atom. The first-order valence-corrected chi connectivity index (χ1v) is 16.9. The van der Waals surface area contributed by atoms with Crippen molar-refractivity contribution in [1.29, 1.82) is 0 Å². The monoisotopic (exact) mass is 691 g/mol. The lowest BCUT2D eigenvalue weighted by Gasteiger charge is -2.25. The van der Waals surface area contributed by atoms with Gasteiger partial charge in [0.05, 0.1) is 45.1 Å². The third-order valence-corrected chi connectivity index (χ3v) is 10.4. The first-order valence-electron chi connectivity index (χ1n) is 16.9. The summed E-state index contributed by atoms with van der Waals surface area (Å²) in [4.78, 5) is 81.9. The summed E-state index contributed by atoms with van der Waals surface area (Å²) in [7, 11) is 2.44. The van der Waals surface area contributed by atoms with E-state index >= 15 is 0 Å². The maximum Gasteiger partial charge on any atom is 0.342 e. The fourth-order valence-corrected chi connectivity index (χ4v) is 7.67. The number of aryl methyl sites for hydroxylation is 1. The van der Waals surface area contributed by atoms with Crippen molar-refractivity contribution < 1.29 is 51.8 Å². The Morgan fingerprint density at radius 3 is 1.96 bits per heavy atom. The van der Waals surface area contributed by atoms with E-state index in [0.29, 0.717) is 39.1 Å². The summed E-state index contributed by atoms with van der Waals surface area (Å²) in [5.74, 6) is -2.71. The molecule has 4 aromatic rings. The molecule has 1 unspecified atom stereocenters. The van der Waals surface area contributed by atoms with Crippen LogP contribution in [0.1, 0.15) is 127 Å². The van der Waals surface area contributed by atoms with Crippen LogP contribution in [0.25, 0.3) is 0 Å². The zero-order valence-electron chi connectivity index (χ0n) is 28.0. The lowest BCUT2D eigenvalue weighted by molar-refractivity contribution is 0.0307. The van der Waals surface area contributed by atoms with E-state index < -0.39 is 35.1 Å². The third kappa shape index (κ3) is 5.37. The predicted molar refractivity (Wildman–Crippen MR) is 177 cm³/mol. The van der Waals surface area contributed by atoms with E-state index in [1.54, 1.807) is 36.4 Å². The molecule has 12 heteroatoms. The second-order valence-electron chi connectivity index (χ2n) is 13.2. The maximum atomic E-state index is 13.8. The number of esters is 2. The molecule has 2 aromatic carbocycles. The quantitative estimate of drug-likeness (QED) is 0.188. The normalized spacial score (nSPS) is 19.3. The average Bonchev–Trinajstić information content (AvgIpc) is 3.67. The highest BCUT2D eigenvalue weighted by Crippen LogP contribution is 2.51. The molecule has 8 rings (SSSR count). The molecule has 2 aromatic heterocycles. The Morgan fingerprint density at radius 2 is 1.31 bits per heavy atom. The number of rotatable bonds is 9. The first-order chi connectivity index (χ1) is 24.7. The number of benzene rings is 2.